The predicted molar refractivity (Wildman–Crippen MR) is 71.0 cm³/mol. The normalized spacial score (nSPS) is 35.5. The van der Waals surface area contributed by atoms with Crippen LogP contribution in [0.4, 0.5) is 5.69 Å². The minimum atomic E-state index is -3.02. The van der Waals surface area contributed by atoms with Crippen molar-refractivity contribution in [2.24, 2.45) is 0 Å². The molecule has 0 unspecified atom stereocenters. The topological polar surface area (TPSA) is 75.4 Å². The number of carbonyl (C=O) groups excluding carboxylic acids is 2. The van der Waals surface area contributed by atoms with Crippen LogP contribution in [0.5, 0.6) is 0 Å². The van der Waals surface area contributed by atoms with E-state index in [0.29, 0.717) is 10.5 Å². The molecule has 5 heteroatoms. The highest BCUT2D eigenvalue weighted by Gasteiger charge is 2.38. The SMILES string of the molecule is [2H]C1([2H])C(=C)NC(=O)[C@@]([2H])(N2Cc3c(N)cccc3C2=O)C1([2H])[2H]. The van der Waals surface area contributed by atoms with Gasteiger partial charge >= 0.3 is 0 Å². The van der Waals surface area contributed by atoms with Gasteiger partial charge in [-0.1, -0.05) is 12.6 Å². The van der Waals surface area contributed by atoms with Gasteiger partial charge < -0.3 is 16.0 Å². The molecular weight excluding hydrogens is 242 g/mol. The number of allylic oxidation sites excluding steroid dienone is 1. The molecule has 3 N–H and O–H groups in total. The molecule has 1 aromatic carbocycles. The average molecular weight is 262 g/mol. The molecule has 0 saturated carbocycles. The van der Waals surface area contributed by atoms with Gasteiger partial charge in [-0.05, 0) is 24.9 Å². The Morgan fingerprint density at radius 2 is 2.32 bits per heavy atom. The van der Waals surface area contributed by atoms with Crippen LogP contribution in [-0.4, -0.2) is 22.7 Å². The molecule has 0 spiro atoms. The number of hydrogen-bond acceptors (Lipinski definition) is 3. The van der Waals surface area contributed by atoms with E-state index < -0.39 is 36.3 Å². The summed E-state index contributed by atoms with van der Waals surface area (Å²) in [6.07, 6.45) is -5.75. The van der Waals surface area contributed by atoms with Gasteiger partial charge in [0.1, 0.15) is 6.02 Å². The van der Waals surface area contributed by atoms with Crippen LogP contribution in [0.3, 0.4) is 0 Å². The Balaban J connectivity index is 2.15. The maximum atomic E-state index is 12.6. The Labute approximate surface area is 118 Å². The molecule has 1 fully saturated rings. The van der Waals surface area contributed by atoms with Gasteiger partial charge in [0.05, 0.1) is 1.37 Å². The number of fused-ring (bicyclic) bond motifs is 1. The monoisotopic (exact) mass is 262 g/mol. The summed E-state index contributed by atoms with van der Waals surface area (Å²) in [5.74, 6) is -1.89. The number of nitrogen functional groups attached to an aromatic ring is 1. The summed E-state index contributed by atoms with van der Waals surface area (Å²) in [6, 6.07) is 1.77. The summed E-state index contributed by atoms with van der Waals surface area (Å²) in [7, 11) is 0. The van der Waals surface area contributed by atoms with Crippen molar-refractivity contribution in [1.82, 2.24) is 10.2 Å². The molecule has 1 aromatic rings. The van der Waals surface area contributed by atoms with Crippen LogP contribution in [0.2, 0.25) is 0 Å². The first-order chi connectivity index (χ1) is 11.0. The van der Waals surface area contributed by atoms with E-state index in [4.69, 9.17) is 12.6 Å². The lowest BCUT2D eigenvalue weighted by Crippen LogP contribution is -2.49. The number of nitrogens with two attached hydrogens (primary N) is 1. The molecule has 2 aliphatic heterocycles. The third kappa shape index (κ3) is 1.78. The van der Waals surface area contributed by atoms with Crippen molar-refractivity contribution in [3.05, 3.63) is 41.6 Å². The average Bonchev–Trinajstić information content (AvgIpc) is 2.84. The second kappa shape index (κ2) is 4.12. The Morgan fingerprint density at radius 1 is 1.53 bits per heavy atom. The zero-order chi connectivity index (χ0) is 18.1. The van der Waals surface area contributed by atoms with Crippen molar-refractivity contribution in [3.63, 3.8) is 0 Å². The molecule has 2 amide bonds. The summed E-state index contributed by atoms with van der Waals surface area (Å²) >= 11 is 0. The summed E-state index contributed by atoms with van der Waals surface area (Å²) in [4.78, 5) is 25.8. The third-order valence-electron chi connectivity index (χ3n) is 3.09. The van der Waals surface area contributed by atoms with E-state index in [2.05, 4.69) is 11.9 Å². The number of hydrogen-bond donors (Lipinski definition) is 2. The number of rotatable bonds is 1. The summed E-state index contributed by atoms with van der Waals surface area (Å²) in [6.45, 7) is 3.07. The quantitative estimate of drug-likeness (QED) is 0.742. The van der Waals surface area contributed by atoms with Gasteiger partial charge in [0.15, 0.2) is 0 Å². The van der Waals surface area contributed by atoms with E-state index >= 15 is 0 Å². The van der Waals surface area contributed by atoms with E-state index in [0.717, 1.165) is 0 Å². The fraction of sp³-hybridized carbons (Fsp3) is 0.286. The number of benzene rings is 1. The number of carbonyl (C=O) groups is 2. The molecule has 1 atom stereocenters. The number of nitrogens with one attached hydrogen (secondary N) is 1. The molecule has 2 aliphatic rings. The van der Waals surface area contributed by atoms with Crippen LogP contribution < -0.4 is 11.1 Å². The molecular formula is C14H15N3O2. The molecule has 19 heavy (non-hydrogen) atoms. The fourth-order valence-electron chi connectivity index (χ4n) is 2.15. The van der Waals surface area contributed by atoms with Gasteiger partial charge in [-0.3, -0.25) is 9.59 Å². The molecule has 0 radical (unpaired) electrons. The molecule has 1 saturated heterocycles. The molecule has 0 aliphatic carbocycles. The maximum absolute atomic E-state index is 12.6. The van der Waals surface area contributed by atoms with Crippen LogP contribution in [0, 0.1) is 0 Å². The van der Waals surface area contributed by atoms with Crippen molar-refractivity contribution >= 4 is 17.5 Å². The molecule has 2 heterocycles. The van der Waals surface area contributed by atoms with Gasteiger partial charge in [0.25, 0.3) is 5.91 Å². The summed E-state index contributed by atoms with van der Waals surface area (Å²) < 4.78 is 40.5. The second-order valence-corrected chi connectivity index (χ2v) is 4.30. The highest BCUT2D eigenvalue weighted by molar-refractivity contribution is 6.02. The first-order valence-corrected chi connectivity index (χ1v) is 5.66. The number of nitrogens with zero attached hydrogens (tertiary/aromatic N) is 1. The van der Waals surface area contributed by atoms with Crippen LogP contribution in [0.15, 0.2) is 30.5 Å². The smallest absolute Gasteiger partial charge is 0.255 e. The molecule has 3 rings (SSSR count). The molecule has 98 valence electrons. The summed E-state index contributed by atoms with van der Waals surface area (Å²) in [5, 5.41) is 2.09. The molecule has 5 nitrogen and oxygen atoms in total. The van der Waals surface area contributed by atoms with E-state index in [1.807, 2.05) is 0 Å². The highest BCUT2D eigenvalue weighted by atomic mass is 16.2. The largest absolute Gasteiger partial charge is 0.398 e. The molecule has 0 aromatic heterocycles. The highest BCUT2D eigenvalue weighted by Crippen LogP contribution is 2.31. The Morgan fingerprint density at radius 3 is 3.05 bits per heavy atom. The zero-order valence-electron chi connectivity index (χ0n) is 15.0. The van der Waals surface area contributed by atoms with E-state index in [-0.39, 0.29) is 17.8 Å². The lowest BCUT2D eigenvalue weighted by molar-refractivity contribution is -0.126. The summed E-state index contributed by atoms with van der Waals surface area (Å²) in [5.41, 5.74) is 6.20. The van der Waals surface area contributed by atoms with Crippen molar-refractivity contribution < 1.29 is 16.4 Å². The van der Waals surface area contributed by atoms with Gasteiger partial charge in [-0.25, -0.2) is 0 Å². The zero-order valence-corrected chi connectivity index (χ0v) is 9.99. The Bertz CT molecular complexity index is 795. The van der Waals surface area contributed by atoms with Crippen LogP contribution in [-0.2, 0) is 11.3 Å². The van der Waals surface area contributed by atoms with Crippen molar-refractivity contribution in [1.29, 1.82) is 0 Å². The van der Waals surface area contributed by atoms with Gasteiger partial charge in [0, 0.05) is 34.5 Å². The first-order valence-electron chi connectivity index (χ1n) is 8.16. The van der Waals surface area contributed by atoms with Crippen LogP contribution >= 0.6 is 0 Å². The predicted octanol–water partition coefficient (Wildman–Crippen LogP) is 1.02. The van der Waals surface area contributed by atoms with Crippen molar-refractivity contribution in [2.75, 3.05) is 5.73 Å². The standard InChI is InChI=1S/C14H15N3O2/c1-8-5-6-12(13(18)16-8)17-7-10-9(14(17)19)3-2-4-11(10)15/h2-4,12H,1,5-7,15H2,(H,16,18)/t12-/m0/s1/i5D2,6D2,12D. The minimum absolute atomic E-state index is 0.176. The van der Waals surface area contributed by atoms with Gasteiger partial charge in [-0.15, -0.1) is 0 Å². The molecule has 0 bridgehead atoms. The fourth-order valence-corrected chi connectivity index (χ4v) is 2.15. The number of piperidine rings is 1. The van der Waals surface area contributed by atoms with Crippen molar-refractivity contribution in [2.45, 2.75) is 25.3 Å². The number of amides is 2. The Hall–Kier alpha value is -2.30. The third-order valence-corrected chi connectivity index (χ3v) is 3.09. The van der Waals surface area contributed by atoms with E-state index in [9.17, 15) is 9.59 Å². The number of anilines is 1. The van der Waals surface area contributed by atoms with Crippen LogP contribution in [0.25, 0.3) is 0 Å². The lowest BCUT2D eigenvalue weighted by Gasteiger charge is -2.30. The van der Waals surface area contributed by atoms with Crippen LogP contribution in [0.1, 0.15) is 35.5 Å². The van der Waals surface area contributed by atoms with E-state index in [1.54, 1.807) is 12.1 Å². The minimum Gasteiger partial charge on any atom is -0.398 e. The Kier molecular flexibility index (Phi) is 1.59. The van der Waals surface area contributed by atoms with Gasteiger partial charge in [0.2, 0.25) is 5.91 Å². The lowest BCUT2D eigenvalue weighted by atomic mass is 10.0. The maximum Gasteiger partial charge on any atom is 0.255 e. The first kappa shape index (κ1) is 7.33. The van der Waals surface area contributed by atoms with Gasteiger partial charge in [-0.2, -0.15) is 0 Å². The van der Waals surface area contributed by atoms with E-state index in [1.165, 1.54) is 6.07 Å². The van der Waals surface area contributed by atoms with Crippen molar-refractivity contribution in [3.8, 4) is 0 Å². The second-order valence-electron chi connectivity index (χ2n) is 4.30.